The molecule has 0 heterocycles. The SMILES string of the molecule is C=CC.CC. The van der Waals surface area contributed by atoms with Gasteiger partial charge in [-0.2, -0.15) is 0 Å². The van der Waals surface area contributed by atoms with Crippen LogP contribution in [-0.2, 0) is 0 Å². The van der Waals surface area contributed by atoms with Crippen molar-refractivity contribution in [2.24, 2.45) is 0 Å². The molecule has 0 aliphatic carbocycles. The lowest BCUT2D eigenvalue weighted by Gasteiger charge is -1.31. The minimum atomic E-state index is 1.75. The fourth-order valence-electron chi connectivity index (χ4n) is 0. The van der Waals surface area contributed by atoms with Crippen molar-refractivity contribution >= 4 is 0 Å². The van der Waals surface area contributed by atoms with E-state index in [1.807, 2.05) is 20.8 Å². The second kappa shape index (κ2) is 51.3. The van der Waals surface area contributed by atoms with Crippen molar-refractivity contribution in [1.29, 1.82) is 0 Å². The maximum absolute atomic E-state index is 3.36. The highest BCUT2D eigenvalue weighted by molar-refractivity contribution is 4.51. The van der Waals surface area contributed by atoms with E-state index < -0.39 is 0 Å². The Kier molecular flexibility index (Phi) is 90.6. The van der Waals surface area contributed by atoms with E-state index in [1.165, 1.54) is 0 Å². The maximum atomic E-state index is 3.36. The first kappa shape index (κ1) is 8.83. The van der Waals surface area contributed by atoms with Crippen molar-refractivity contribution in [3.8, 4) is 0 Å². The molecule has 5 heavy (non-hydrogen) atoms. The predicted molar refractivity (Wildman–Crippen MR) is 27.2 cm³/mol. The highest BCUT2D eigenvalue weighted by Gasteiger charge is 1.15. The smallest absolute Gasteiger partial charge is 0.0473 e. The molecule has 0 amide bonds. The highest BCUT2D eigenvalue weighted by Crippen LogP contribution is 1.38. The van der Waals surface area contributed by atoms with Gasteiger partial charge < -0.3 is 0 Å². The first-order valence-corrected chi connectivity index (χ1v) is 1.99. The molecule has 0 radical (unpaired) electrons. The maximum Gasteiger partial charge on any atom is -0.0473 e. The van der Waals surface area contributed by atoms with Crippen LogP contribution in [0.3, 0.4) is 0 Å². The fraction of sp³-hybridized carbons (Fsp3) is 0.600. The Hall–Kier alpha value is -0.260. The summed E-state index contributed by atoms with van der Waals surface area (Å²) >= 11 is 0. The van der Waals surface area contributed by atoms with Gasteiger partial charge in [-0.15, -0.1) is 6.58 Å². The van der Waals surface area contributed by atoms with Crippen LogP contribution >= 0.6 is 0 Å². The normalized spacial score (nSPS) is 3.80. The zero-order chi connectivity index (χ0) is 4.71. The van der Waals surface area contributed by atoms with Crippen LogP contribution in [0, 0.1) is 0 Å². The van der Waals surface area contributed by atoms with Crippen LogP contribution in [0.5, 0.6) is 0 Å². The summed E-state index contributed by atoms with van der Waals surface area (Å²) < 4.78 is 0. The molecular formula is C5H12. The monoisotopic (exact) mass is 72.1 g/mol. The number of rotatable bonds is 0. The average Bonchev–Trinajstić information content (AvgIpc) is 1.46. The topological polar surface area (TPSA) is 0 Å². The molecule has 0 aromatic heterocycles. The third-order valence-electron chi connectivity index (χ3n) is 0. The van der Waals surface area contributed by atoms with E-state index in [9.17, 15) is 0 Å². The van der Waals surface area contributed by atoms with Gasteiger partial charge in [-0.25, -0.2) is 0 Å². The lowest BCUT2D eigenvalue weighted by Crippen LogP contribution is -1.07. The molecule has 0 aromatic carbocycles. The van der Waals surface area contributed by atoms with E-state index in [0.717, 1.165) is 0 Å². The van der Waals surface area contributed by atoms with Crippen molar-refractivity contribution in [1.82, 2.24) is 0 Å². The first-order chi connectivity index (χ1) is 2.41. The van der Waals surface area contributed by atoms with E-state index >= 15 is 0 Å². The van der Waals surface area contributed by atoms with Crippen LogP contribution in [0.25, 0.3) is 0 Å². The van der Waals surface area contributed by atoms with E-state index in [0.29, 0.717) is 0 Å². The van der Waals surface area contributed by atoms with Crippen molar-refractivity contribution in [3.63, 3.8) is 0 Å². The van der Waals surface area contributed by atoms with Crippen molar-refractivity contribution in [2.45, 2.75) is 20.8 Å². The molecule has 0 atom stereocenters. The Morgan fingerprint density at radius 3 is 1.40 bits per heavy atom. The summed E-state index contributed by atoms with van der Waals surface area (Å²) in [7, 11) is 0. The van der Waals surface area contributed by atoms with Gasteiger partial charge in [-0.1, -0.05) is 19.9 Å². The standard InChI is InChI=1S/C3H6.C2H6/c1-3-2;1-2/h3H,1H2,2H3;1-2H3. The van der Waals surface area contributed by atoms with Gasteiger partial charge in [-0.05, 0) is 6.92 Å². The largest absolute Gasteiger partial charge is 0.103 e. The van der Waals surface area contributed by atoms with Gasteiger partial charge in [0, 0.05) is 0 Å². The number of hydrogen-bond acceptors (Lipinski definition) is 0. The molecular weight excluding hydrogens is 60.1 g/mol. The highest BCUT2D eigenvalue weighted by atomic mass is 13.2. The van der Waals surface area contributed by atoms with Crippen LogP contribution in [0.4, 0.5) is 0 Å². The van der Waals surface area contributed by atoms with Crippen molar-refractivity contribution in [3.05, 3.63) is 12.7 Å². The van der Waals surface area contributed by atoms with E-state index in [1.54, 1.807) is 6.08 Å². The molecule has 0 N–H and O–H groups in total. The summed E-state index contributed by atoms with van der Waals surface area (Å²) in [5.74, 6) is 0. The Labute approximate surface area is 34.5 Å². The second-order valence-corrected chi connectivity index (χ2v) is 0.408. The lowest BCUT2D eigenvalue weighted by molar-refractivity contribution is 1.50. The van der Waals surface area contributed by atoms with Crippen LogP contribution in [0.1, 0.15) is 20.8 Å². The van der Waals surface area contributed by atoms with Gasteiger partial charge >= 0.3 is 0 Å². The summed E-state index contributed by atoms with van der Waals surface area (Å²) in [4.78, 5) is 0. The zero-order valence-corrected chi connectivity index (χ0v) is 4.28. The summed E-state index contributed by atoms with van der Waals surface area (Å²) in [6.07, 6.45) is 1.75. The van der Waals surface area contributed by atoms with Crippen LogP contribution < -0.4 is 0 Å². The van der Waals surface area contributed by atoms with Gasteiger partial charge in [0.2, 0.25) is 0 Å². The van der Waals surface area contributed by atoms with Gasteiger partial charge in [0.25, 0.3) is 0 Å². The third kappa shape index (κ3) is 168. The molecule has 32 valence electrons. The minimum absolute atomic E-state index is 1.75. The Bertz CT molecular complexity index is 7.51. The molecule has 0 nitrogen and oxygen atoms in total. The molecule has 0 saturated carbocycles. The summed E-state index contributed by atoms with van der Waals surface area (Å²) in [5, 5.41) is 0. The van der Waals surface area contributed by atoms with Crippen molar-refractivity contribution in [2.75, 3.05) is 0 Å². The summed E-state index contributed by atoms with van der Waals surface area (Å²) in [6.45, 7) is 9.25. The molecule has 0 rings (SSSR count). The van der Waals surface area contributed by atoms with Crippen LogP contribution in [0.15, 0.2) is 12.7 Å². The lowest BCUT2D eigenvalue weighted by atomic mass is 10.8. The molecule has 0 bridgehead atoms. The predicted octanol–water partition coefficient (Wildman–Crippen LogP) is 2.22. The first-order valence-electron chi connectivity index (χ1n) is 1.99. The van der Waals surface area contributed by atoms with Crippen LogP contribution in [0.2, 0.25) is 0 Å². The molecule has 0 saturated heterocycles. The van der Waals surface area contributed by atoms with Crippen molar-refractivity contribution < 1.29 is 0 Å². The molecule has 0 unspecified atom stereocenters. The Balaban J connectivity index is 0. The van der Waals surface area contributed by atoms with Crippen LogP contribution in [-0.4, -0.2) is 0 Å². The molecule has 0 fully saturated rings. The minimum Gasteiger partial charge on any atom is -0.103 e. The molecule has 0 spiro atoms. The summed E-state index contributed by atoms with van der Waals surface area (Å²) in [6, 6.07) is 0. The van der Waals surface area contributed by atoms with E-state index in [-0.39, 0.29) is 0 Å². The average molecular weight is 72.2 g/mol. The fourth-order valence-corrected chi connectivity index (χ4v) is 0. The second-order valence-electron chi connectivity index (χ2n) is 0.408. The van der Waals surface area contributed by atoms with Gasteiger partial charge in [-0.3, -0.25) is 0 Å². The van der Waals surface area contributed by atoms with E-state index in [4.69, 9.17) is 0 Å². The number of allylic oxidation sites excluding steroid dienone is 1. The third-order valence-corrected chi connectivity index (χ3v) is 0. The number of hydrogen-bond donors (Lipinski definition) is 0. The van der Waals surface area contributed by atoms with Gasteiger partial charge in [0.15, 0.2) is 0 Å². The quantitative estimate of drug-likeness (QED) is 0.385. The van der Waals surface area contributed by atoms with E-state index in [2.05, 4.69) is 6.58 Å². The molecule has 0 aliphatic heterocycles. The Morgan fingerprint density at radius 1 is 1.40 bits per heavy atom. The Morgan fingerprint density at radius 2 is 1.40 bits per heavy atom. The van der Waals surface area contributed by atoms with Gasteiger partial charge in [0.1, 0.15) is 0 Å². The zero-order valence-electron chi connectivity index (χ0n) is 4.28. The van der Waals surface area contributed by atoms with Gasteiger partial charge in [0.05, 0.1) is 0 Å². The molecule has 0 aromatic rings. The molecule has 0 heteroatoms. The summed E-state index contributed by atoms with van der Waals surface area (Å²) in [5.41, 5.74) is 0. The molecule has 0 aliphatic rings.